The van der Waals surface area contributed by atoms with Crippen molar-refractivity contribution in [3.8, 4) is 23.3 Å². The van der Waals surface area contributed by atoms with E-state index < -0.39 is 46.5 Å². The number of ether oxygens (including phenoxy) is 3. The van der Waals surface area contributed by atoms with Gasteiger partial charge in [0.25, 0.3) is 0 Å². The summed E-state index contributed by atoms with van der Waals surface area (Å²) in [6.07, 6.45) is 7.55. The van der Waals surface area contributed by atoms with E-state index in [1.54, 1.807) is 0 Å². The van der Waals surface area contributed by atoms with Crippen LogP contribution in [0.3, 0.4) is 0 Å². The van der Waals surface area contributed by atoms with Crippen LogP contribution in [0.1, 0.15) is 104 Å². The van der Waals surface area contributed by atoms with Gasteiger partial charge in [-0.25, -0.2) is 18.4 Å². The van der Waals surface area contributed by atoms with Gasteiger partial charge in [-0.1, -0.05) is 77.6 Å². The molecule has 1 atom stereocenters. The lowest BCUT2D eigenvalue weighted by molar-refractivity contribution is 0.0446. The predicted octanol–water partition coefficient (Wildman–Crippen LogP) is 9.19. The number of carbonyl (C=O) groups is 2. The molecule has 3 aromatic carbocycles. The summed E-state index contributed by atoms with van der Waals surface area (Å²) in [4.78, 5) is 24.7. The quantitative estimate of drug-likeness (QED) is 0.0420. The molecule has 0 spiro atoms. The number of rotatable bonds is 15. The molecule has 0 aromatic heterocycles. The summed E-state index contributed by atoms with van der Waals surface area (Å²) >= 11 is 0. The minimum atomic E-state index is -1.64. The molecule has 0 fully saturated rings. The first-order chi connectivity index (χ1) is 21.7. The van der Waals surface area contributed by atoms with Gasteiger partial charge in [-0.05, 0) is 60.9 Å². The number of unbranched alkanes of at least 4 members (excludes halogenated alkanes) is 6. The molecule has 9 heteroatoms. The highest BCUT2D eigenvalue weighted by Crippen LogP contribution is 2.30. The minimum Gasteiger partial charge on any atom is -0.487 e. The lowest BCUT2D eigenvalue weighted by Crippen LogP contribution is -2.12. The second-order valence-corrected chi connectivity index (χ2v) is 10.8. The Hall–Kier alpha value is -4.32. The van der Waals surface area contributed by atoms with Crippen molar-refractivity contribution in [2.24, 2.45) is 5.92 Å². The van der Waals surface area contributed by atoms with Crippen LogP contribution in [0.25, 0.3) is 0 Å². The Bertz CT molecular complexity index is 1460. The van der Waals surface area contributed by atoms with E-state index in [9.17, 15) is 27.2 Å². The Kier molecular flexibility index (Phi) is 13.9. The van der Waals surface area contributed by atoms with Crippen LogP contribution in [0.2, 0.25) is 0 Å². The zero-order chi connectivity index (χ0) is 32.8. The molecule has 0 amide bonds. The fourth-order valence-electron chi connectivity index (χ4n) is 4.15. The van der Waals surface area contributed by atoms with Crippen LogP contribution in [-0.4, -0.2) is 25.2 Å². The average molecular weight is 627 g/mol. The maximum absolute atomic E-state index is 14.6. The van der Waals surface area contributed by atoms with Crippen LogP contribution in [0.4, 0.5) is 17.6 Å². The molecule has 0 radical (unpaired) electrons. The summed E-state index contributed by atoms with van der Waals surface area (Å²) in [7, 11) is 0. The molecule has 0 aliphatic rings. The second kappa shape index (κ2) is 17.8. The van der Waals surface area contributed by atoms with Crippen LogP contribution in [0, 0.1) is 41.0 Å². The summed E-state index contributed by atoms with van der Waals surface area (Å²) < 4.78 is 74.0. The van der Waals surface area contributed by atoms with Crippen molar-refractivity contribution >= 4 is 11.9 Å². The third-order valence-electron chi connectivity index (χ3n) is 7.17. The van der Waals surface area contributed by atoms with Gasteiger partial charge in [-0.3, -0.25) is 0 Å². The first-order valence-corrected chi connectivity index (χ1v) is 15.3. The van der Waals surface area contributed by atoms with Gasteiger partial charge in [0.1, 0.15) is 11.3 Å². The van der Waals surface area contributed by atoms with Gasteiger partial charge >= 0.3 is 11.9 Å². The molecule has 45 heavy (non-hydrogen) atoms. The lowest BCUT2D eigenvalue weighted by atomic mass is 10.1. The van der Waals surface area contributed by atoms with Crippen molar-refractivity contribution in [2.75, 3.05) is 13.2 Å². The molecule has 0 bridgehead atoms. The van der Waals surface area contributed by atoms with Crippen molar-refractivity contribution in [1.82, 2.24) is 0 Å². The maximum Gasteiger partial charge on any atom is 0.343 e. The summed E-state index contributed by atoms with van der Waals surface area (Å²) in [5, 5.41) is 0. The van der Waals surface area contributed by atoms with Gasteiger partial charge in [0, 0.05) is 5.56 Å². The zero-order valence-corrected chi connectivity index (χ0v) is 25.8. The van der Waals surface area contributed by atoms with E-state index in [1.165, 1.54) is 48.5 Å². The summed E-state index contributed by atoms with van der Waals surface area (Å²) in [6, 6.07) is 11.4. The molecular formula is C36H38F4O5. The third-order valence-corrected chi connectivity index (χ3v) is 7.17. The maximum atomic E-state index is 14.6. The fourth-order valence-corrected chi connectivity index (χ4v) is 4.15. The number of esters is 2. The minimum absolute atomic E-state index is 0.0685. The molecule has 5 nitrogen and oxygen atoms in total. The second-order valence-electron chi connectivity index (χ2n) is 10.8. The molecule has 0 aliphatic heterocycles. The topological polar surface area (TPSA) is 61.8 Å². The Balaban J connectivity index is 1.59. The number of halogens is 4. The number of benzene rings is 3. The summed E-state index contributed by atoms with van der Waals surface area (Å²) in [6.45, 7) is 6.32. The highest BCUT2D eigenvalue weighted by molar-refractivity contribution is 5.94. The molecule has 0 heterocycles. The lowest BCUT2D eigenvalue weighted by Gasteiger charge is -2.11. The van der Waals surface area contributed by atoms with Gasteiger partial charge in [-0.2, -0.15) is 8.78 Å². The van der Waals surface area contributed by atoms with Gasteiger partial charge in [-0.15, -0.1) is 0 Å². The van der Waals surface area contributed by atoms with Crippen LogP contribution in [0.15, 0.2) is 48.5 Å². The van der Waals surface area contributed by atoms with E-state index in [1.807, 2.05) is 13.8 Å². The summed E-state index contributed by atoms with van der Waals surface area (Å²) in [5.74, 6) is -3.83. The van der Waals surface area contributed by atoms with Crippen LogP contribution >= 0.6 is 0 Å². The van der Waals surface area contributed by atoms with Crippen molar-refractivity contribution in [3.05, 3.63) is 94.1 Å². The summed E-state index contributed by atoms with van der Waals surface area (Å²) in [5.41, 5.74) is -0.316. The van der Waals surface area contributed by atoms with Crippen molar-refractivity contribution < 1.29 is 41.4 Å². The van der Waals surface area contributed by atoms with E-state index in [0.29, 0.717) is 18.6 Å². The van der Waals surface area contributed by atoms with Crippen LogP contribution in [0.5, 0.6) is 11.5 Å². The average Bonchev–Trinajstić information content (AvgIpc) is 3.05. The molecule has 0 N–H and O–H groups in total. The van der Waals surface area contributed by atoms with Crippen molar-refractivity contribution in [1.29, 1.82) is 0 Å². The van der Waals surface area contributed by atoms with E-state index in [0.717, 1.165) is 44.9 Å². The van der Waals surface area contributed by atoms with E-state index >= 15 is 0 Å². The van der Waals surface area contributed by atoms with Crippen LogP contribution in [-0.2, 0) is 4.74 Å². The molecule has 0 saturated heterocycles. The van der Waals surface area contributed by atoms with Crippen molar-refractivity contribution in [3.63, 3.8) is 0 Å². The molecule has 0 unspecified atom stereocenters. The monoisotopic (exact) mass is 626 g/mol. The SMILES string of the molecule is CCCCCCCCCOc1c(F)c(F)c(C#Cc2ccc(OC(=O)c3ccc(C(=O)OC[C@@H](C)CC)cc3)cc2)c(F)c1F. The fraction of sp³-hybridized carbons (Fsp3) is 0.389. The Morgan fingerprint density at radius 2 is 1.27 bits per heavy atom. The van der Waals surface area contributed by atoms with Gasteiger partial charge in [0.15, 0.2) is 17.4 Å². The number of carbonyl (C=O) groups excluding carboxylic acids is 2. The van der Waals surface area contributed by atoms with E-state index in [-0.39, 0.29) is 29.4 Å². The molecule has 3 rings (SSSR count). The highest BCUT2D eigenvalue weighted by atomic mass is 19.2. The van der Waals surface area contributed by atoms with Crippen LogP contribution < -0.4 is 9.47 Å². The normalized spacial score (nSPS) is 11.4. The molecular weight excluding hydrogens is 588 g/mol. The Morgan fingerprint density at radius 1 is 0.711 bits per heavy atom. The molecule has 0 saturated carbocycles. The first-order valence-electron chi connectivity index (χ1n) is 15.3. The largest absolute Gasteiger partial charge is 0.487 e. The molecule has 0 aliphatic carbocycles. The Labute approximate surface area is 261 Å². The van der Waals surface area contributed by atoms with Gasteiger partial charge in [0.2, 0.25) is 11.6 Å². The smallest absolute Gasteiger partial charge is 0.343 e. The van der Waals surface area contributed by atoms with Gasteiger partial charge in [0.05, 0.1) is 24.3 Å². The van der Waals surface area contributed by atoms with E-state index in [2.05, 4.69) is 18.8 Å². The zero-order valence-electron chi connectivity index (χ0n) is 25.8. The predicted molar refractivity (Wildman–Crippen MR) is 163 cm³/mol. The van der Waals surface area contributed by atoms with E-state index in [4.69, 9.17) is 14.2 Å². The third kappa shape index (κ3) is 10.4. The van der Waals surface area contributed by atoms with Crippen molar-refractivity contribution in [2.45, 2.75) is 72.1 Å². The number of hydrogen-bond acceptors (Lipinski definition) is 5. The van der Waals surface area contributed by atoms with Gasteiger partial charge < -0.3 is 14.2 Å². The highest BCUT2D eigenvalue weighted by Gasteiger charge is 2.26. The first kappa shape index (κ1) is 35.2. The number of hydrogen-bond donors (Lipinski definition) is 0. The molecule has 240 valence electrons. The standard InChI is InChI=1S/C36H38F4O5/c1-4-6-7-8-9-10-11-22-43-34-32(39)30(37)29(31(38)33(34)40)21-14-25-12-19-28(20-13-25)45-36(42)27-17-15-26(16-18-27)35(41)44-23-24(3)5-2/h12-13,15-20,24H,4-11,22-23H2,1-3H3/t24-/m0/s1. The Morgan fingerprint density at radius 3 is 1.84 bits per heavy atom. The molecule has 3 aromatic rings.